The average Bonchev–Trinajstić information content (AvgIpc) is 3.22. The average molecular weight is 431 g/mol. The molecule has 4 atom stereocenters. The maximum Gasteiger partial charge on any atom is 0.164 e. The van der Waals surface area contributed by atoms with Crippen molar-refractivity contribution < 1.29 is 28.8 Å². The van der Waals surface area contributed by atoms with Gasteiger partial charge in [-0.15, -0.1) is 0 Å². The van der Waals surface area contributed by atoms with Crippen LogP contribution in [0.2, 0.25) is 0 Å². The van der Waals surface area contributed by atoms with Crippen LogP contribution in [0, 0.1) is 0 Å². The number of hydrogen-bond donors (Lipinski definition) is 1. The smallest absolute Gasteiger partial charge is 0.164 e. The number of fused-ring (bicyclic) bond motifs is 6. The Balaban J connectivity index is 1.55. The largest absolute Gasteiger partial charge is 0.493 e. The molecule has 158 valence electrons. The number of benzene rings is 2. The van der Waals surface area contributed by atoms with Gasteiger partial charge in [-0.2, -0.15) is 0 Å². The number of ether oxygens (including phenoxy) is 5. The minimum absolute atomic E-state index is 0.123. The molecule has 3 aliphatic heterocycles. The van der Waals surface area contributed by atoms with Gasteiger partial charge < -0.3 is 28.8 Å². The highest BCUT2D eigenvalue weighted by molar-refractivity contribution is 6.25. The molecule has 3 heterocycles. The predicted octanol–water partition coefficient (Wildman–Crippen LogP) is 4.12. The van der Waals surface area contributed by atoms with E-state index in [0.29, 0.717) is 36.0 Å². The number of aliphatic hydroxyl groups is 1. The van der Waals surface area contributed by atoms with Gasteiger partial charge in [0.25, 0.3) is 0 Å². The molecule has 2 aromatic rings. The molecule has 0 saturated heterocycles. The van der Waals surface area contributed by atoms with E-state index in [9.17, 15) is 5.11 Å². The summed E-state index contributed by atoms with van der Waals surface area (Å²) in [7, 11) is 3.17. The summed E-state index contributed by atoms with van der Waals surface area (Å²) >= 11 is 5.88. The lowest BCUT2D eigenvalue weighted by Crippen LogP contribution is -2.42. The minimum Gasteiger partial charge on any atom is -0.493 e. The quantitative estimate of drug-likeness (QED) is 0.790. The van der Waals surface area contributed by atoms with E-state index in [-0.39, 0.29) is 18.1 Å². The lowest BCUT2D eigenvalue weighted by atomic mass is 9.80. The van der Waals surface area contributed by atoms with Crippen LogP contribution in [0.3, 0.4) is 0 Å². The summed E-state index contributed by atoms with van der Waals surface area (Å²) in [6.07, 6.45) is -0.537. The van der Waals surface area contributed by atoms with Crippen molar-refractivity contribution in [1.82, 2.24) is 0 Å². The molecular formula is C23H23ClO6. The van der Waals surface area contributed by atoms with E-state index in [1.807, 2.05) is 25.1 Å². The fraction of sp³-hybridized carbons (Fsp3) is 0.391. The van der Waals surface area contributed by atoms with Gasteiger partial charge in [0.05, 0.1) is 26.2 Å². The van der Waals surface area contributed by atoms with Gasteiger partial charge in [0.1, 0.15) is 36.1 Å². The standard InChI is InChI=1S/C23H23ClO6/c1-11(9-24)16-7-14-15(29-16)5-4-12-22(25)21-13-6-18(26-2)19(27-3)8-17(13)28-10-20(21)30-23(12)14/h4-6,8-9,16,20-22,25H,7,10H2,1-3H3/b11-9+/t16-,20?,21?,22?/m0/s1. The van der Waals surface area contributed by atoms with Crippen molar-refractivity contribution in [3.63, 3.8) is 0 Å². The van der Waals surface area contributed by atoms with Crippen LogP contribution in [0.5, 0.6) is 28.7 Å². The van der Waals surface area contributed by atoms with Gasteiger partial charge in [0.15, 0.2) is 11.5 Å². The number of hydrogen-bond acceptors (Lipinski definition) is 6. The van der Waals surface area contributed by atoms with Crippen LogP contribution in [0.15, 0.2) is 35.4 Å². The lowest BCUT2D eigenvalue weighted by molar-refractivity contribution is 0.000791. The molecule has 0 saturated carbocycles. The lowest BCUT2D eigenvalue weighted by Gasteiger charge is -2.41. The summed E-state index contributed by atoms with van der Waals surface area (Å²) in [4.78, 5) is 0. The second-order valence-corrected chi connectivity index (χ2v) is 8.03. The van der Waals surface area contributed by atoms with E-state index in [1.54, 1.807) is 25.8 Å². The number of methoxy groups -OCH3 is 2. The molecule has 30 heavy (non-hydrogen) atoms. The van der Waals surface area contributed by atoms with E-state index < -0.39 is 6.10 Å². The van der Waals surface area contributed by atoms with Gasteiger partial charge in [-0.25, -0.2) is 0 Å². The highest BCUT2D eigenvalue weighted by Crippen LogP contribution is 2.53. The Morgan fingerprint density at radius 2 is 1.87 bits per heavy atom. The van der Waals surface area contributed by atoms with Gasteiger partial charge in [-0.1, -0.05) is 11.6 Å². The van der Waals surface area contributed by atoms with Gasteiger partial charge >= 0.3 is 0 Å². The molecule has 0 radical (unpaired) electrons. The Hall–Kier alpha value is -2.57. The van der Waals surface area contributed by atoms with Crippen LogP contribution in [0.4, 0.5) is 0 Å². The predicted molar refractivity (Wildman–Crippen MR) is 111 cm³/mol. The second kappa shape index (κ2) is 7.29. The molecule has 0 aliphatic carbocycles. The fourth-order valence-electron chi connectivity index (χ4n) is 4.57. The first kappa shape index (κ1) is 19.4. The molecular weight excluding hydrogens is 408 g/mol. The van der Waals surface area contributed by atoms with Crippen molar-refractivity contribution in [2.75, 3.05) is 20.8 Å². The molecule has 0 spiro atoms. The summed E-state index contributed by atoms with van der Waals surface area (Å²) in [5, 5.41) is 11.4. The van der Waals surface area contributed by atoms with Crippen LogP contribution in [-0.2, 0) is 6.42 Å². The molecule has 0 bridgehead atoms. The first-order chi connectivity index (χ1) is 14.5. The Kier molecular flexibility index (Phi) is 4.71. The van der Waals surface area contributed by atoms with E-state index in [1.165, 1.54) is 0 Å². The van der Waals surface area contributed by atoms with Gasteiger partial charge in [-0.05, 0) is 30.7 Å². The zero-order valence-corrected chi connectivity index (χ0v) is 17.7. The molecule has 3 unspecified atom stereocenters. The third-order valence-electron chi connectivity index (χ3n) is 6.19. The normalized spacial score (nSPS) is 26.2. The van der Waals surface area contributed by atoms with Crippen LogP contribution in [-0.4, -0.2) is 38.1 Å². The van der Waals surface area contributed by atoms with Gasteiger partial charge in [-0.3, -0.25) is 0 Å². The summed E-state index contributed by atoms with van der Waals surface area (Å²) < 4.78 is 29.2. The summed E-state index contributed by atoms with van der Waals surface area (Å²) in [6, 6.07) is 7.45. The molecule has 1 N–H and O–H groups in total. The fourth-order valence-corrected chi connectivity index (χ4v) is 4.71. The van der Waals surface area contributed by atoms with Crippen molar-refractivity contribution in [1.29, 1.82) is 0 Å². The van der Waals surface area contributed by atoms with Crippen LogP contribution in [0.25, 0.3) is 0 Å². The summed E-state index contributed by atoms with van der Waals surface area (Å²) in [6.45, 7) is 2.27. The van der Waals surface area contributed by atoms with E-state index in [2.05, 4.69) is 0 Å². The Bertz CT molecular complexity index is 1030. The van der Waals surface area contributed by atoms with Crippen molar-refractivity contribution in [3.05, 3.63) is 52.1 Å². The third-order valence-corrected chi connectivity index (χ3v) is 6.54. The van der Waals surface area contributed by atoms with Crippen LogP contribution in [0.1, 0.15) is 35.6 Å². The molecule has 0 fully saturated rings. The van der Waals surface area contributed by atoms with Crippen molar-refractivity contribution in [2.24, 2.45) is 0 Å². The highest BCUT2D eigenvalue weighted by atomic mass is 35.5. The van der Waals surface area contributed by atoms with E-state index in [0.717, 1.165) is 28.0 Å². The first-order valence-electron chi connectivity index (χ1n) is 9.88. The number of halogens is 1. The van der Waals surface area contributed by atoms with Crippen molar-refractivity contribution in [2.45, 2.75) is 37.6 Å². The second-order valence-electron chi connectivity index (χ2n) is 7.81. The molecule has 3 aliphatic rings. The van der Waals surface area contributed by atoms with E-state index >= 15 is 0 Å². The third kappa shape index (κ3) is 2.81. The molecule has 7 heteroatoms. The maximum absolute atomic E-state index is 11.4. The Morgan fingerprint density at radius 1 is 1.10 bits per heavy atom. The van der Waals surface area contributed by atoms with Crippen LogP contribution >= 0.6 is 11.6 Å². The maximum atomic E-state index is 11.4. The molecule has 2 aromatic carbocycles. The summed E-state index contributed by atoms with van der Waals surface area (Å²) in [5.41, 5.74) is 5.06. The molecule has 0 aromatic heterocycles. The zero-order chi connectivity index (χ0) is 21.0. The molecule has 5 rings (SSSR count). The first-order valence-corrected chi connectivity index (χ1v) is 10.3. The molecule has 6 nitrogen and oxygen atoms in total. The Morgan fingerprint density at radius 3 is 2.60 bits per heavy atom. The van der Waals surface area contributed by atoms with E-state index in [4.69, 9.17) is 35.3 Å². The molecule has 0 amide bonds. The SMILES string of the molecule is COc1cc2c(cc1OC)C1C(CO2)Oc2c(ccc3c2C[C@@H](/C(C)=C/Cl)O3)C1O. The minimum atomic E-state index is -0.742. The van der Waals surface area contributed by atoms with Crippen molar-refractivity contribution in [3.8, 4) is 28.7 Å². The van der Waals surface area contributed by atoms with Crippen molar-refractivity contribution >= 4 is 11.6 Å². The topological polar surface area (TPSA) is 66.4 Å². The monoisotopic (exact) mass is 430 g/mol. The highest BCUT2D eigenvalue weighted by Gasteiger charge is 2.45. The van der Waals surface area contributed by atoms with Gasteiger partial charge in [0.2, 0.25) is 0 Å². The van der Waals surface area contributed by atoms with Crippen LogP contribution < -0.4 is 23.7 Å². The Labute approximate surface area is 179 Å². The van der Waals surface area contributed by atoms with Gasteiger partial charge in [0, 0.05) is 34.7 Å². The number of aliphatic hydroxyl groups excluding tert-OH is 1. The summed E-state index contributed by atoms with van der Waals surface area (Å²) in [5.74, 6) is 3.04. The number of rotatable bonds is 3. The zero-order valence-electron chi connectivity index (χ0n) is 17.0.